The minimum atomic E-state index is -1.25. The normalized spacial score (nSPS) is 23.6. The van der Waals surface area contributed by atoms with Crippen molar-refractivity contribution in [2.24, 2.45) is 0 Å². The van der Waals surface area contributed by atoms with Crippen molar-refractivity contribution in [3.8, 4) is 0 Å². The lowest BCUT2D eigenvalue weighted by atomic mass is 9.97. The number of rotatable bonds is 4. The molecule has 1 aliphatic rings. The Bertz CT molecular complexity index is 1300. The van der Waals surface area contributed by atoms with E-state index >= 15 is 0 Å². The molecule has 0 bridgehead atoms. The van der Waals surface area contributed by atoms with Crippen LogP contribution in [0.5, 0.6) is 0 Å². The number of nitrogens with two attached hydrogens (primary N) is 1. The van der Waals surface area contributed by atoms with Gasteiger partial charge in [-0.2, -0.15) is 0 Å². The van der Waals surface area contributed by atoms with E-state index in [1.54, 1.807) is 16.7 Å². The molecule has 4 atom stereocenters. The Hall–Kier alpha value is -3.54. The molecular formula is C21H22N6O5. The number of imidazole rings is 1. The molecule has 0 aliphatic carbocycles. The van der Waals surface area contributed by atoms with Crippen LogP contribution >= 0.6 is 0 Å². The summed E-state index contributed by atoms with van der Waals surface area (Å²) < 4.78 is 13.0. The van der Waals surface area contributed by atoms with Crippen molar-refractivity contribution in [3.63, 3.8) is 0 Å². The number of aromatic nitrogens is 4. The summed E-state index contributed by atoms with van der Waals surface area (Å²) in [7, 11) is 0. The highest BCUT2D eigenvalue weighted by atomic mass is 16.5. The number of ether oxygens (including phenoxy) is 1. The van der Waals surface area contributed by atoms with Gasteiger partial charge in [-0.3, -0.25) is 4.79 Å². The highest BCUT2D eigenvalue weighted by molar-refractivity contribution is 5.96. The van der Waals surface area contributed by atoms with Crippen molar-refractivity contribution >= 4 is 33.9 Å². The zero-order valence-electron chi connectivity index (χ0n) is 17.2. The topological polar surface area (TPSA) is 162 Å². The van der Waals surface area contributed by atoms with E-state index in [0.29, 0.717) is 16.7 Å². The van der Waals surface area contributed by atoms with Gasteiger partial charge < -0.3 is 35.0 Å². The van der Waals surface area contributed by atoms with Gasteiger partial charge in [0, 0.05) is 5.39 Å². The standard InChI is InChI=1S/C21H22N6O5/c1-10-2-3-13-11(4-10)5-14(32-13)21(30)26-12-7-31-15(18(29)17(12)28)6-27-9-25-16-19(22)23-8-24-20(16)27/h2-5,8-9,12,15,17-18,28-29H,6-7H2,1H3,(H,26,30)(H2,22,23,24)/t12-,15-,17+,18-/m1/s1. The van der Waals surface area contributed by atoms with E-state index in [9.17, 15) is 15.0 Å². The fourth-order valence-corrected chi connectivity index (χ4v) is 3.91. The number of benzene rings is 1. The van der Waals surface area contributed by atoms with Crippen LogP contribution in [0.1, 0.15) is 16.1 Å². The number of aliphatic hydroxyl groups excluding tert-OH is 2. The van der Waals surface area contributed by atoms with E-state index in [0.717, 1.165) is 10.9 Å². The van der Waals surface area contributed by atoms with Crippen LogP contribution < -0.4 is 11.1 Å². The molecule has 1 fully saturated rings. The lowest BCUT2D eigenvalue weighted by Crippen LogP contribution is -2.59. The second kappa shape index (κ2) is 7.86. The number of carbonyl (C=O) groups excluding carboxylic acids is 1. The monoisotopic (exact) mass is 438 g/mol. The van der Waals surface area contributed by atoms with Crippen molar-refractivity contribution in [1.82, 2.24) is 24.8 Å². The molecule has 1 amide bonds. The van der Waals surface area contributed by atoms with E-state index in [-0.39, 0.29) is 24.7 Å². The lowest BCUT2D eigenvalue weighted by Gasteiger charge is -2.37. The van der Waals surface area contributed by atoms with Crippen LogP contribution in [0, 0.1) is 6.92 Å². The van der Waals surface area contributed by atoms with Crippen LogP contribution in [-0.4, -0.2) is 66.6 Å². The molecule has 0 saturated carbocycles. The molecular weight excluding hydrogens is 416 g/mol. The Kier molecular flexibility index (Phi) is 5.00. The third-order valence-electron chi connectivity index (χ3n) is 5.65. The number of hydrogen-bond acceptors (Lipinski definition) is 9. The number of aryl methyl sites for hydroxylation is 1. The van der Waals surface area contributed by atoms with Crippen LogP contribution in [0.25, 0.3) is 22.1 Å². The molecule has 0 unspecified atom stereocenters. The zero-order chi connectivity index (χ0) is 22.4. The Labute approximate surface area is 181 Å². The minimum absolute atomic E-state index is 0.0116. The number of nitrogens with zero attached hydrogens (tertiary/aromatic N) is 4. The number of anilines is 1. The van der Waals surface area contributed by atoms with Gasteiger partial charge in [-0.15, -0.1) is 0 Å². The molecule has 1 saturated heterocycles. The molecule has 4 aromatic rings. The van der Waals surface area contributed by atoms with E-state index in [2.05, 4.69) is 20.3 Å². The molecule has 11 heteroatoms. The maximum absolute atomic E-state index is 12.6. The summed E-state index contributed by atoms with van der Waals surface area (Å²) in [6.45, 7) is 2.15. The van der Waals surface area contributed by atoms with Gasteiger partial charge >= 0.3 is 0 Å². The van der Waals surface area contributed by atoms with Crippen LogP contribution in [0.3, 0.4) is 0 Å². The smallest absolute Gasteiger partial charge is 0.287 e. The van der Waals surface area contributed by atoms with Gasteiger partial charge in [-0.25, -0.2) is 15.0 Å². The number of carbonyl (C=O) groups is 1. The van der Waals surface area contributed by atoms with Gasteiger partial charge in [0.25, 0.3) is 5.91 Å². The second-order valence-corrected chi connectivity index (χ2v) is 7.91. The molecule has 5 N–H and O–H groups in total. The Morgan fingerprint density at radius 1 is 1.25 bits per heavy atom. The van der Waals surface area contributed by atoms with E-state index in [4.69, 9.17) is 14.9 Å². The van der Waals surface area contributed by atoms with Gasteiger partial charge in [0.1, 0.15) is 35.7 Å². The predicted octanol–water partition coefficient (Wildman–Crippen LogP) is 0.382. The van der Waals surface area contributed by atoms with E-state index in [1.807, 2.05) is 19.1 Å². The van der Waals surface area contributed by atoms with Crippen molar-refractivity contribution < 1.29 is 24.2 Å². The maximum Gasteiger partial charge on any atom is 0.287 e. The number of fused-ring (bicyclic) bond motifs is 2. The average molecular weight is 438 g/mol. The first kappa shape index (κ1) is 20.4. The van der Waals surface area contributed by atoms with Crippen molar-refractivity contribution in [2.45, 2.75) is 37.8 Å². The molecule has 1 aliphatic heterocycles. The molecule has 32 heavy (non-hydrogen) atoms. The second-order valence-electron chi connectivity index (χ2n) is 7.91. The summed E-state index contributed by atoms with van der Waals surface area (Å²) >= 11 is 0. The van der Waals surface area contributed by atoms with Crippen LogP contribution in [0.15, 0.2) is 41.3 Å². The van der Waals surface area contributed by atoms with Crippen molar-refractivity contribution in [2.75, 3.05) is 12.3 Å². The molecule has 0 spiro atoms. The Morgan fingerprint density at radius 3 is 2.94 bits per heavy atom. The number of hydrogen-bond donors (Lipinski definition) is 4. The number of aliphatic hydroxyl groups is 2. The average Bonchev–Trinajstić information content (AvgIpc) is 3.38. The quantitative estimate of drug-likeness (QED) is 0.353. The van der Waals surface area contributed by atoms with E-state index < -0.39 is 30.3 Å². The fraction of sp³-hybridized carbons (Fsp3) is 0.333. The van der Waals surface area contributed by atoms with Gasteiger partial charge in [-0.1, -0.05) is 11.6 Å². The van der Waals surface area contributed by atoms with Crippen LogP contribution in [0.4, 0.5) is 5.82 Å². The third-order valence-corrected chi connectivity index (χ3v) is 5.65. The summed E-state index contributed by atoms with van der Waals surface area (Å²) in [6, 6.07) is 6.45. The molecule has 4 heterocycles. The number of nitrogens with one attached hydrogen (secondary N) is 1. The Balaban J connectivity index is 1.27. The molecule has 3 aromatic heterocycles. The molecule has 5 rings (SSSR count). The molecule has 166 valence electrons. The lowest BCUT2D eigenvalue weighted by molar-refractivity contribution is -0.152. The minimum Gasteiger partial charge on any atom is -0.451 e. The van der Waals surface area contributed by atoms with Crippen LogP contribution in [0.2, 0.25) is 0 Å². The summed E-state index contributed by atoms with van der Waals surface area (Å²) in [5.74, 6) is -0.121. The SMILES string of the molecule is Cc1ccc2oc(C(=O)N[C@@H]3CO[C@H](Cn4cnc5c(N)ncnc54)[C@@H](O)[C@H]3O)cc2c1. The van der Waals surface area contributed by atoms with Gasteiger partial charge in [0.15, 0.2) is 17.2 Å². The highest BCUT2D eigenvalue weighted by Gasteiger charge is 2.39. The summed E-state index contributed by atoms with van der Waals surface area (Å²) in [6.07, 6.45) is -0.368. The highest BCUT2D eigenvalue weighted by Crippen LogP contribution is 2.23. The first-order valence-electron chi connectivity index (χ1n) is 10.1. The van der Waals surface area contributed by atoms with E-state index in [1.165, 1.54) is 12.7 Å². The van der Waals surface area contributed by atoms with Gasteiger partial charge in [0.2, 0.25) is 0 Å². The first-order chi connectivity index (χ1) is 15.4. The fourth-order valence-electron chi connectivity index (χ4n) is 3.91. The number of nitrogen functional groups attached to an aromatic ring is 1. The summed E-state index contributed by atoms with van der Waals surface area (Å²) in [4.78, 5) is 24.9. The predicted molar refractivity (Wildman–Crippen MR) is 114 cm³/mol. The number of furan rings is 1. The van der Waals surface area contributed by atoms with Gasteiger partial charge in [0.05, 0.1) is 25.5 Å². The first-order valence-corrected chi connectivity index (χ1v) is 10.1. The maximum atomic E-state index is 12.6. The van der Waals surface area contributed by atoms with Gasteiger partial charge in [-0.05, 0) is 25.1 Å². The number of amides is 1. The molecule has 0 radical (unpaired) electrons. The third kappa shape index (κ3) is 3.55. The molecule has 11 nitrogen and oxygen atoms in total. The largest absolute Gasteiger partial charge is 0.451 e. The van der Waals surface area contributed by atoms with Crippen molar-refractivity contribution in [3.05, 3.63) is 48.2 Å². The summed E-state index contributed by atoms with van der Waals surface area (Å²) in [5, 5.41) is 24.7. The zero-order valence-corrected chi connectivity index (χ0v) is 17.2. The van der Waals surface area contributed by atoms with Crippen LogP contribution in [-0.2, 0) is 11.3 Å². The molecule has 1 aromatic carbocycles. The van der Waals surface area contributed by atoms with Crippen molar-refractivity contribution in [1.29, 1.82) is 0 Å². The Morgan fingerprint density at radius 2 is 2.09 bits per heavy atom. The summed E-state index contributed by atoms with van der Waals surface area (Å²) in [5.41, 5.74) is 8.40.